The fourth-order valence-corrected chi connectivity index (χ4v) is 4.61. The van der Waals surface area contributed by atoms with Crippen LogP contribution >= 0.6 is 11.6 Å². The van der Waals surface area contributed by atoms with Crippen LogP contribution in [0.1, 0.15) is 23.8 Å². The Kier molecular flexibility index (Phi) is 4.66. The summed E-state index contributed by atoms with van der Waals surface area (Å²) in [7, 11) is 1.40. The Labute approximate surface area is 181 Å². The molecule has 2 aromatic carbocycles. The topological polar surface area (TPSA) is 88.7 Å². The Morgan fingerprint density at radius 2 is 2.13 bits per heavy atom. The number of halogens is 2. The molecular weight excluding hydrogens is 425 g/mol. The SMILES string of the molecule is COc1ccc(-c2nc(-c3ccc4c(c3)C(Cl)C3=C(CC(=O)O)CCN34)no2)cc1F. The van der Waals surface area contributed by atoms with E-state index in [9.17, 15) is 14.3 Å². The number of aliphatic carboxylic acids is 1. The number of allylic oxidation sites excluding steroid dienone is 1. The molecule has 3 aromatic rings. The maximum Gasteiger partial charge on any atom is 0.307 e. The molecule has 7 nitrogen and oxygen atoms in total. The Morgan fingerprint density at radius 1 is 1.32 bits per heavy atom. The predicted molar refractivity (Wildman–Crippen MR) is 112 cm³/mol. The van der Waals surface area contributed by atoms with E-state index in [1.807, 2.05) is 18.2 Å². The molecule has 0 aliphatic carbocycles. The van der Waals surface area contributed by atoms with Crippen molar-refractivity contribution in [3.63, 3.8) is 0 Å². The summed E-state index contributed by atoms with van der Waals surface area (Å²) in [5.41, 5.74) is 4.69. The Bertz CT molecular complexity index is 1240. The normalized spacial score (nSPS) is 17.1. The number of rotatable bonds is 5. The first-order chi connectivity index (χ1) is 15.0. The van der Waals surface area contributed by atoms with Crippen molar-refractivity contribution in [1.82, 2.24) is 10.1 Å². The quantitative estimate of drug-likeness (QED) is 0.570. The Hall–Kier alpha value is -3.39. The number of carbonyl (C=O) groups is 1. The molecule has 31 heavy (non-hydrogen) atoms. The van der Waals surface area contributed by atoms with E-state index in [1.165, 1.54) is 19.2 Å². The van der Waals surface area contributed by atoms with Gasteiger partial charge in [0.25, 0.3) is 5.89 Å². The highest BCUT2D eigenvalue weighted by atomic mass is 35.5. The maximum atomic E-state index is 14.0. The molecule has 0 bridgehead atoms. The van der Waals surface area contributed by atoms with E-state index in [0.717, 1.165) is 22.5 Å². The highest BCUT2D eigenvalue weighted by Gasteiger charge is 2.38. The third-order valence-electron chi connectivity index (χ3n) is 5.57. The number of hydrogen-bond donors (Lipinski definition) is 1. The van der Waals surface area contributed by atoms with Crippen molar-refractivity contribution in [2.45, 2.75) is 18.2 Å². The summed E-state index contributed by atoms with van der Waals surface area (Å²) >= 11 is 6.72. The molecule has 0 saturated carbocycles. The fraction of sp³-hybridized carbons (Fsp3) is 0.227. The summed E-state index contributed by atoms with van der Waals surface area (Å²) in [6.45, 7) is 0.711. The lowest BCUT2D eigenvalue weighted by Gasteiger charge is -2.15. The third kappa shape index (κ3) is 3.23. The van der Waals surface area contributed by atoms with E-state index in [1.54, 1.807) is 6.07 Å². The number of anilines is 1. The van der Waals surface area contributed by atoms with E-state index in [4.69, 9.17) is 20.9 Å². The van der Waals surface area contributed by atoms with Crippen molar-refractivity contribution in [3.05, 3.63) is 59.0 Å². The second-order valence-corrected chi connectivity index (χ2v) is 7.81. The number of carboxylic acid groups (broad SMARTS) is 1. The van der Waals surface area contributed by atoms with Crippen LogP contribution in [0.2, 0.25) is 0 Å². The van der Waals surface area contributed by atoms with Gasteiger partial charge in [0, 0.05) is 34.6 Å². The highest BCUT2D eigenvalue weighted by molar-refractivity contribution is 6.24. The fourth-order valence-electron chi connectivity index (χ4n) is 4.16. The number of methoxy groups -OCH3 is 1. The average molecular weight is 442 g/mol. The van der Waals surface area contributed by atoms with E-state index < -0.39 is 17.2 Å². The molecule has 1 aromatic heterocycles. The molecule has 2 aliphatic heterocycles. The van der Waals surface area contributed by atoms with Crippen molar-refractivity contribution < 1.29 is 23.6 Å². The maximum absolute atomic E-state index is 14.0. The van der Waals surface area contributed by atoms with Crippen molar-refractivity contribution in [1.29, 1.82) is 0 Å². The van der Waals surface area contributed by atoms with Crippen LogP contribution in [0, 0.1) is 5.82 Å². The Morgan fingerprint density at radius 3 is 2.87 bits per heavy atom. The van der Waals surface area contributed by atoms with Crippen LogP contribution in [0.3, 0.4) is 0 Å². The standard InChI is InChI=1S/C22H17ClFN3O4/c1-30-17-5-3-13(9-15(17)24)22-25-21(26-31-22)12-2-4-16-14(8-12)19(23)20-11(10-18(28)29)6-7-27(16)20/h2-5,8-9,19H,6-7,10H2,1H3,(H,28,29). The third-order valence-corrected chi connectivity index (χ3v) is 6.01. The van der Waals surface area contributed by atoms with Crippen molar-refractivity contribution in [2.75, 3.05) is 18.6 Å². The minimum atomic E-state index is -0.862. The molecule has 0 saturated heterocycles. The first-order valence-electron chi connectivity index (χ1n) is 9.63. The average Bonchev–Trinajstić information content (AvgIpc) is 3.45. The summed E-state index contributed by atoms with van der Waals surface area (Å²) in [4.78, 5) is 17.7. The van der Waals surface area contributed by atoms with Gasteiger partial charge in [-0.25, -0.2) is 4.39 Å². The first-order valence-corrected chi connectivity index (χ1v) is 10.1. The molecule has 2 aliphatic rings. The number of ether oxygens (including phenoxy) is 1. The largest absolute Gasteiger partial charge is 0.494 e. The number of hydrogen-bond acceptors (Lipinski definition) is 6. The zero-order valence-electron chi connectivity index (χ0n) is 16.4. The van der Waals surface area contributed by atoms with Crippen molar-refractivity contribution >= 4 is 23.3 Å². The van der Waals surface area contributed by atoms with Gasteiger partial charge in [-0.15, -0.1) is 11.6 Å². The van der Waals surface area contributed by atoms with Crippen LogP contribution in [0.5, 0.6) is 5.75 Å². The predicted octanol–water partition coefficient (Wildman–Crippen LogP) is 4.78. The van der Waals surface area contributed by atoms with Gasteiger partial charge in [-0.3, -0.25) is 4.79 Å². The number of benzene rings is 2. The summed E-state index contributed by atoms with van der Waals surface area (Å²) in [5, 5.41) is 12.8. The number of fused-ring (bicyclic) bond motifs is 3. The molecule has 1 unspecified atom stereocenters. The number of nitrogens with zero attached hydrogens (tertiary/aromatic N) is 3. The van der Waals surface area contributed by atoms with E-state index in [2.05, 4.69) is 15.0 Å². The summed E-state index contributed by atoms with van der Waals surface area (Å²) in [6.07, 6.45) is 0.682. The molecule has 0 spiro atoms. The minimum absolute atomic E-state index is 0.0114. The summed E-state index contributed by atoms with van der Waals surface area (Å²) in [5.74, 6) is -0.712. The van der Waals surface area contributed by atoms with Gasteiger partial charge >= 0.3 is 5.97 Å². The van der Waals surface area contributed by atoms with Gasteiger partial charge in [-0.1, -0.05) is 5.16 Å². The van der Waals surface area contributed by atoms with Crippen LogP contribution in [0.15, 0.2) is 52.2 Å². The lowest BCUT2D eigenvalue weighted by molar-refractivity contribution is -0.136. The number of carboxylic acids is 1. The van der Waals surface area contributed by atoms with Crippen LogP contribution < -0.4 is 9.64 Å². The molecular formula is C22H17ClFN3O4. The molecule has 0 fully saturated rings. The molecule has 3 heterocycles. The van der Waals surface area contributed by atoms with Crippen LogP contribution in [0.25, 0.3) is 22.8 Å². The van der Waals surface area contributed by atoms with E-state index in [0.29, 0.717) is 29.9 Å². The van der Waals surface area contributed by atoms with Crippen molar-refractivity contribution in [2.24, 2.45) is 0 Å². The van der Waals surface area contributed by atoms with Crippen LogP contribution in [0.4, 0.5) is 10.1 Å². The molecule has 9 heteroatoms. The zero-order valence-corrected chi connectivity index (χ0v) is 17.2. The Balaban J connectivity index is 1.47. The van der Waals surface area contributed by atoms with Crippen LogP contribution in [-0.2, 0) is 4.79 Å². The van der Waals surface area contributed by atoms with Gasteiger partial charge < -0.3 is 19.3 Å². The van der Waals surface area contributed by atoms with Gasteiger partial charge in [0.05, 0.1) is 13.5 Å². The first kappa shape index (κ1) is 19.6. The van der Waals surface area contributed by atoms with Gasteiger partial charge in [0.2, 0.25) is 5.82 Å². The lowest BCUT2D eigenvalue weighted by Crippen LogP contribution is -2.14. The number of alkyl halides is 1. The summed E-state index contributed by atoms with van der Waals surface area (Å²) in [6, 6.07) is 10.1. The highest BCUT2D eigenvalue weighted by Crippen LogP contribution is 2.51. The molecule has 5 rings (SSSR count). The van der Waals surface area contributed by atoms with Gasteiger partial charge in [0.15, 0.2) is 11.6 Å². The van der Waals surface area contributed by atoms with Gasteiger partial charge in [-0.05, 0) is 48.4 Å². The molecule has 0 radical (unpaired) electrons. The van der Waals surface area contributed by atoms with E-state index >= 15 is 0 Å². The second-order valence-electron chi connectivity index (χ2n) is 7.37. The molecule has 1 N–H and O–H groups in total. The monoisotopic (exact) mass is 441 g/mol. The zero-order chi connectivity index (χ0) is 21.7. The molecule has 0 amide bonds. The minimum Gasteiger partial charge on any atom is -0.494 e. The lowest BCUT2D eigenvalue weighted by atomic mass is 10.0. The summed E-state index contributed by atoms with van der Waals surface area (Å²) < 4.78 is 24.3. The second kappa shape index (κ2) is 7.39. The van der Waals surface area contributed by atoms with Crippen molar-refractivity contribution in [3.8, 4) is 28.6 Å². The van der Waals surface area contributed by atoms with Gasteiger partial charge in [-0.2, -0.15) is 4.98 Å². The van der Waals surface area contributed by atoms with Crippen LogP contribution in [-0.4, -0.2) is 34.9 Å². The number of aromatic nitrogens is 2. The molecule has 1 atom stereocenters. The van der Waals surface area contributed by atoms with Gasteiger partial charge in [0.1, 0.15) is 5.38 Å². The smallest absolute Gasteiger partial charge is 0.307 e. The van der Waals surface area contributed by atoms with E-state index in [-0.39, 0.29) is 18.1 Å². The molecule has 158 valence electrons.